The number of guanidine groups is 1. The second-order valence-electron chi connectivity index (χ2n) is 6.05. The Bertz CT molecular complexity index is 692. The van der Waals surface area contributed by atoms with E-state index < -0.39 is 10.0 Å². The van der Waals surface area contributed by atoms with Crippen molar-refractivity contribution < 1.29 is 8.42 Å². The molecule has 2 N–H and O–H groups in total. The van der Waals surface area contributed by atoms with Gasteiger partial charge in [-0.05, 0) is 25.0 Å². The molecule has 1 aromatic carbocycles. The summed E-state index contributed by atoms with van der Waals surface area (Å²) in [5.41, 5.74) is 2.41. The number of rotatable bonds is 6. The Morgan fingerprint density at radius 1 is 1.31 bits per heavy atom. The van der Waals surface area contributed by atoms with E-state index in [-0.39, 0.29) is 35.8 Å². The second kappa shape index (κ2) is 11.4. The predicted molar refractivity (Wildman–Crippen MR) is 122 cm³/mol. The third-order valence-electron chi connectivity index (χ3n) is 4.25. The van der Waals surface area contributed by atoms with Gasteiger partial charge in [-0.15, -0.1) is 24.0 Å². The molecular formula is C17H29IN4O2S2. The highest BCUT2D eigenvalue weighted by atomic mass is 127. The van der Waals surface area contributed by atoms with Crippen LogP contribution >= 0.6 is 35.7 Å². The molecule has 0 amide bonds. The summed E-state index contributed by atoms with van der Waals surface area (Å²) < 4.78 is 26.3. The molecule has 1 heterocycles. The van der Waals surface area contributed by atoms with Crippen LogP contribution in [-0.4, -0.2) is 62.6 Å². The van der Waals surface area contributed by atoms with Crippen molar-refractivity contribution in [1.82, 2.24) is 14.9 Å². The van der Waals surface area contributed by atoms with Crippen molar-refractivity contribution in [3.8, 4) is 0 Å². The van der Waals surface area contributed by atoms with Gasteiger partial charge in [0, 0.05) is 38.2 Å². The van der Waals surface area contributed by atoms with Gasteiger partial charge in [-0.2, -0.15) is 11.8 Å². The van der Waals surface area contributed by atoms with Crippen molar-refractivity contribution in [1.29, 1.82) is 0 Å². The Balaban J connectivity index is 0.00000338. The molecule has 0 saturated carbocycles. The summed E-state index contributed by atoms with van der Waals surface area (Å²) in [6.07, 6.45) is 0. The number of aliphatic imine (C=N–C) groups is 1. The Morgan fingerprint density at radius 3 is 2.58 bits per heavy atom. The van der Waals surface area contributed by atoms with E-state index in [0.717, 1.165) is 11.5 Å². The molecule has 0 spiro atoms. The first-order valence-corrected chi connectivity index (χ1v) is 11.3. The van der Waals surface area contributed by atoms with Gasteiger partial charge in [0.05, 0.1) is 11.8 Å². The molecule has 1 aromatic rings. The van der Waals surface area contributed by atoms with Crippen LogP contribution < -0.4 is 10.6 Å². The van der Waals surface area contributed by atoms with Gasteiger partial charge < -0.3 is 10.6 Å². The zero-order chi connectivity index (χ0) is 18.3. The van der Waals surface area contributed by atoms with E-state index in [1.54, 1.807) is 23.1 Å². The molecule has 0 bridgehead atoms. The number of hydrogen-bond acceptors (Lipinski definition) is 4. The molecule has 1 fully saturated rings. The quantitative estimate of drug-likeness (QED) is 0.348. The molecule has 1 aliphatic rings. The summed E-state index contributed by atoms with van der Waals surface area (Å²) in [6, 6.07) is 8.28. The smallest absolute Gasteiger partial charge is 0.215 e. The average molecular weight is 512 g/mol. The molecule has 9 heteroatoms. The zero-order valence-corrected chi connectivity index (χ0v) is 19.5. The Morgan fingerprint density at radius 2 is 1.96 bits per heavy atom. The summed E-state index contributed by atoms with van der Waals surface area (Å²) in [5.74, 6) is 2.45. The summed E-state index contributed by atoms with van der Waals surface area (Å²) in [7, 11) is -1.51. The molecule has 0 aromatic heterocycles. The first kappa shape index (κ1) is 23.5. The van der Waals surface area contributed by atoms with Crippen LogP contribution in [0.4, 0.5) is 0 Å². The van der Waals surface area contributed by atoms with Crippen LogP contribution in [0.25, 0.3) is 0 Å². The lowest BCUT2D eigenvalue weighted by Gasteiger charge is -2.26. The lowest BCUT2D eigenvalue weighted by Crippen LogP contribution is -2.44. The highest BCUT2D eigenvalue weighted by Crippen LogP contribution is 2.16. The van der Waals surface area contributed by atoms with Crippen LogP contribution in [-0.2, 0) is 10.0 Å². The van der Waals surface area contributed by atoms with Gasteiger partial charge in [0.2, 0.25) is 10.0 Å². The fourth-order valence-corrected chi connectivity index (χ4v) is 5.29. The first-order chi connectivity index (χ1) is 11.9. The van der Waals surface area contributed by atoms with E-state index in [4.69, 9.17) is 0 Å². The van der Waals surface area contributed by atoms with Gasteiger partial charge in [0.15, 0.2) is 5.96 Å². The minimum Gasteiger partial charge on any atom is -0.355 e. The third kappa shape index (κ3) is 6.90. The number of nitrogens with zero attached hydrogens (tertiary/aromatic N) is 2. The van der Waals surface area contributed by atoms with Crippen LogP contribution in [0.5, 0.6) is 0 Å². The summed E-state index contributed by atoms with van der Waals surface area (Å²) >= 11 is 1.80. The van der Waals surface area contributed by atoms with Crippen LogP contribution in [0, 0.1) is 6.92 Å². The fourth-order valence-electron chi connectivity index (χ4n) is 2.80. The monoisotopic (exact) mass is 512 g/mol. The van der Waals surface area contributed by atoms with Crippen molar-refractivity contribution in [3.05, 3.63) is 35.4 Å². The van der Waals surface area contributed by atoms with Crippen LogP contribution in [0.2, 0.25) is 0 Å². The Kier molecular flexibility index (Phi) is 10.3. The summed E-state index contributed by atoms with van der Waals surface area (Å²) in [5, 5.41) is 6.43. The van der Waals surface area contributed by atoms with Crippen molar-refractivity contribution in [2.45, 2.75) is 19.9 Å². The van der Waals surface area contributed by atoms with Gasteiger partial charge in [0.1, 0.15) is 0 Å². The molecule has 2 rings (SSSR count). The largest absolute Gasteiger partial charge is 0.355 e. The van der Waals surface area contributed by atoms with Crippen molar-refractivity contribution in [2.24, 2.45) is 4.99 Å². The maximum absolute atomic E-state index is 12.4. The molecular weight excluding hydrogens is 483 g/mol. The minimum atomic E-state index is -3.20. The minimum absolute atomic E-state index is 0. The molecule has 0 aliphatic carbocycles. The van der Waals surface area contributed by atoms with Gasteiger partial charge >= 0.3 is 0 Å². The van der Waals surface area contributed by atoms with E-state index in [0.29, 0.717) is 25.6 Å². The Hall–Kier alpha value is -0.520. The topological polar surface area (TPSA) is 73.8 Å². The van der Waals surface area contributed by atoms with Crippen molar-refractivity contribution in [2.75, 3.05) is 43.9 Å². The SMILES string of the molecule is CN=C(NCCS(=O)(=O)N1CCSCC1)NC(C)c1ccccc1C.I. The number of aryl methyl sites for hydroxylation is 1. The summed E-state index contributed by atoms with van der Waals surface area (Å²) in [4.78, 5) is 4.20. The van der Waals surface area contributed by atoms with E-state index in [1.807, 2.05) is 12.1 Å². The second-order valence-corrected chi connectivity index (χ2v) is 9.36. The number of sulfonamides is 1. The number of halogens is 1. The average Bonchev–Trinajstić information content (AvgIpc) is 2.61. The highest BCUT2D eigenvalue weighted by Gasteiger charge is 2.23. The van der Waals surface area contributed by atoms with Gasteiger partial charge in [0.25, 0.3) is 0 Å². The molecule has 6 nitrogen and oxygen atoms in total. The maximum atomic E-state index is 12.4. The standard InChI is InChI=1S/C17H28N4O2S2.HI/c1-14-6-4-5-7-16(14)15(2)20-17(18-3)19-8-13-25(22,23)21-9-11-24-12-10-21;/h4-7,15H,8-13H2,1-3H3,(H2,18,19,20);1H. The van der Waals surface area contributed by atoms with Crippen molar-refractivity contribution >= 4 is 51.7 Å². The van der Waals surface area contributed by atoms with Gasteiger partial charge in [-0.25, -0.2) is 12.7 Å². The third-order valence-corrected chi connectivity index (χ3v) is 7.06. The molecule has 26 heavy (non-hydrogen) atoms. The summed E-state index contributed by atoms with van der Waals surface area (Å²) in [6.45, 7) is 5.71. The number of nitrogens with one attached hydrogen (secondary N) is 2. The molecule has 1 saturated heterocycles. The molecule has 1 aliphatic heterocycles. The van der Waals surface area contributed by atoms with Crippen LogP contribution in [0.3, 0.4) is 0 Å². The first-order valence-electron chi connectivity index (χ1n) is 8.52. The highest BCUT2D eigenvalue weighted by molar-refractivity contribution is 14.0. The van der Waals surface area contributed by atoms with E-state index in [9.17, 15) is 8.42 Å². The number of benzene rings is 1. The molecule has 1 unspecified atom stereocenters. The van der Waals surface area contributed by atoms with E-state index in [1.165, 1.54) is 11.1 Å². The normalized spacial score (nSPS) is 17.3. The fraction of sp³-hybridized carbons (Fsp3) is 0.588. The lowest BCUT2D eigenvalue weighted by molar-refractivity contribution is 0.443. The zero-order valence-electron chi connectivity index (χ0n) is 15.6. The lowest BCUT2D eigenvalue weighted by atomic mass is 10.0. The van der Waals surface area contributed by atoms with Crippen molar-refractivity contribution in [3.63, 3.8) is 0 Å². The molecule has 0 radical (unpaired) electrons. The van der Waals surface area contributed by atoms with Crippen LogP contribution in [0.15, 0.2) is 29.3 Å². The van der Waals surface area contributed by atoms with Gasteiger partial charge in [-0.3, -0.25) is 4.99 Å². The number of thioether (sulfide) groups is 1. The van der Waals surface area contributed by atoms with E-state index >= 15 is 0 Å². The van der Waals surface area contributed by atoms with Crippen LogP contribution in [0.1, 0.15) is 24.1 Å². The molecule has 148 valence electrons. The maximum Gasteiger partial charge on any atom is 0.215 e. The Labute approximate surface area is 178 Å². The molecule has 1 atom stereocenters. The van der Waals surface area contributed by atoms with Gasteiger partial charge in [-0.1, -0.05) is 24.3 Å². The van der Waals surface area contributed by atoms with E-state index in [2.05, 4.69) is 41.6 Å². The number of hydrogen-bond donors (Lipinski definition) is 2. The predicted octanol–water partition coefficient (Wildman–Crippen LogP) is 2.22.